The van der Waals surface area contributed by atoms with Crippen LogP contribution in [0.3, 0.4) is 0 Å². The zero-order valence-corrected chi connectivity index (χ0v) is 24.4. The van der Waals surface area contributed by atoms with Gasteiger partial charge in [-0.3, -0.25) is 4.79 Å². The SMILES string of the molecule is CCCCCCCCCCCCCCOc1cccc(CNC(=O)c2cccc[n+]2CC)c1C.[I-]. The summed E-state index contributed by atoms with van der Waals surface area (Å²) in [4.78, 5) is 12.6. The van der Waals surface area contributed by atoms with Gasteiger partial charge in [-0.05, 0) is 43.5 Å². The number of rotatable bonds is 18. The molecule has 1 aromatic carbocycles. The van der Waals surface area contributed by atoms with E-state index in [0.29, 0.717) is 12.2 Å². The first-order chi connectivity index (χ1) is 16.7. The number of halogens is 1. The topological polar surface area (TPSA) is 42.2 Å². The minimum Gasteiger partial charge on any atom is -1.00 e. The zero-order valence-electron chi connectivity index (χ0n) is 22.3. The van der Waals surface area contributed by atoms with Gasteiger partial charge in [0.1, 0.15) is 12.3 Å². The van der Waals surface area contributed by atoms with E-state index in [4.69, 9.17) is 4.74 Å². The number of ether oxygens (including phenoxy) is 1. The highest BCUT2D eigenvalue weighted by Gasteiger charge is 2.17. The van der Waals surface area contributed by atoms with E-state index in [1.807, 2.05) is 48.0 Å². The van der Waals surface area contributed by atoms with Crippen molar-refractivity contribution in [2.45, 2.75) is 111 Å². The fourth-order valence-corrected chi connectivity index (χ4v) is 4.36. The fraction of sp³-hybridized carbons (Fsp3) is 0.600. The van der Waals surface area contributed by atoms with Crippen molar-refractivity contribution >= 4 is 5.91 Å². The molecule has 1 N–H and O–H groups in total. The number of hydrogen-bond acceptors (Lipinski definition) is 2. The minimum atomic E-state index is -0.0512. The minimum absolute atomic E-state index is 0. The molecule has 4 nitrogen and oxygen atoms in total. The molecule has 1 amide bonds. The molecule has 0 unspecified atom stereocenters. The van der Waals surface area contributed by atoms with Gasteiger partial charge in [0.2, 0.25) is 0 Å². The van der Waals surface area contributed by atoms with Crippen molar-refractivity contribution in [3.8, 4) is 5.75 Å². The van der Waals surface area contributed by atoms with E-state index in [-0.39, 0.29) is 29.9 Å². The molecular weight excluding hydrogens is 547 g/mol. The van der Waals surface area contributed by atoms with Crippen LogP contribution >= 0.6 is 0 Å². The summed E-state index contributed by atoms with van der Waals surface area (Å²) in [5.41, 5.74) is 2.89. The van der Waals surface area contributed by atoms with Crippen LogP contribution in [0.25, 0.3) is 0 Å². The summed E-state index contributed by atoms with van der Waals surface area (Å²) < 4.78 is 8.04. The summed E-state index contributed by atoms with van der Waals surface area (Å²) in [6.07, 6.45) is 18.1. The van der Waals surface area contributed by atoms with E-state index in [2.05, 4.69) is 25.2 Å². The van der Waals surface area contributed by atoms with E-state index in [1.54, 1.807) is 0 Å². The second-order valence-corrected chi connectivity index (χ2v) is 9.33. The van der Waals surface area contributed by atoms with Gasteiger partial charge in [0, 0.05) is 18.7 Å². The summed E-state index contributed by atoms with van der Waals surface area (Å²) in [6, 6.07) is 11.8. The molecule has 2 aromatic rings. The van der Waals surface area contributed by atoms with Crippen molar-refractivity contribution in [1.82, 2.24) is 5.32 Å². The van der Waals surface area contributed by atoms with E-state index >= 15 is 0 Å². The molecule has 1 aromatic heterocycles. The van der Waals surface area contributed by atoms with Gasteiger partial charge >= 0.3 is 5.91 Å². The number of aryl methyl sites for hydroxylation is 1. The maximum Gasteiger partial charge on any atom is 0.316 e. The number of carbonyl (C=O) groups is 1. The van der Waals surface area contributed by atoms with E-state index in [0.717, 1.165) is 36.4 Å². The number of pyridine rings is 1. The first-order valence-electron chi connectivity index (χ1n) is 13.6. The van der Waals surface area contributed by atoms with E-state index in [9.17, 15) is 4.79 Å². The van der Waals surface area contributed by atoms with Gasteiger partial charge in [-0.25, -0.2) is 0 Å². The molecule has 0 aliphatic heterocycles. The Balaban J connectivity index is 0.00000612. The van der Waals surface area contributed by atoms with E-state index < -0.39 is 0 Å². The molecule has 0 bridgehead atoms. The zero-order chi connectivity index (χ0) is 24.4. The number of amides is 1. The Morgan fingerprint density at radius 3 is 2.09 bits per heavy atom. The maximum absolute atomic E-state index is 12.6. The summed E-state index contributed by atoms with van der Waals surface area (Å²) in [7, 11) is 0. The van der Waals surface area contributed by atoms with Crippen LogP contribution in [-0.4, -0.2) is 12.5 Å². The van der Waals surface area contributed by atoms with Gasteiger partial charge in [-0.1, -0.05) is 89.7 Å². The van der Waals surface area contributed by atoms with Gasteiger partial charge < -0.3 is 34.0 Å². The lowest BCUT2D eigenvalue weighted by atomic mass is 10.1. The second-order valence-electron chi connectivity index (χ2n) is 9.33. The molecule has 0 fully saturated rings. The Morgan fingerprint density at radius 2 is 1.46 bits per heavy atom. The first kappa shape index (κ1) is 31.4. The third-order valence-corrected chi connectivity index (χ3v) is 6.61. The average Bonchev–Trinajstić information content (AvgIpc) is 2.86. The van der Waals surface area contributed by atoms with Gasteiger partial charge in [0.05, 0.1) is 6.61 Å². The Kier molecular flexibility index (Phi) is 17.5. The van der Waals surface area contributed by atoms with Gasteiger partial charge in [0.15, 0.2) is 6.20 Å². The van der Waals surface area contributed by atoms with Gasteiger partial charge in [-0.2, -0.15) is 4.57 Å². The highest BCUT2D eigenvalue weighted by atomic mass is 127. The number of nitrogens with one attached hydrogen (secondary N) is 1. The number of carbonyl (C=O) groups excluding carboxylic acids is 1. The number of benzene rings is 1. The average molecular weight is 595 g/mol. The molecule has 196 valence electrons. The molecule has 2 rings (SSSR count). The third kappa shape index (κ3) is 12.2. The molecule has 0 spiro atoms. The van der Waals surface area contributed by atoms with Crippen molar-refractivity contribution in [3.63, 3.8) is 0 Å². The predicted molar refractivity (Wildman–Crippen MR) is 141 cm³/mol. The number of nitrogens with zero attached hydrogens (tertiary/aromatic N) is 1. The number of aromatic nitrogens is 1. The standard InChI is InChI=1S/C30H46N2O2.HI/c1-4-6-7-8-9-10-11-12-13-14-15-18-24-34-29-22-19-20-27(26(29)3)25-31-30(33)28-21-16-17-23-32(28)5-2;/h16-17,19-23H,4-15,18,24-25H2,1-3H3;1H. The van der Waals surface area contributed by atoms with Crippen LogP contribution in [0.2, 0.25) is 0 Å². The Bertz CT molecular complexity index is 841. The van der Waals surface area contributed by atoms with Crippen LogP contribution in [-0.2, 0) is 13.1 Å². The Morgan fingerprint density at radius 1 is 0.829 bits per heavy atom. The van der Waals surface area contributed by atoms with Gasteiger partial charge in [0.25, 0.3) is 5.69 Å². The van der Waals surface area contributed by atoms with Crippen molar-refractivity contribution in [3.05, 3.63) is 59.4 Å². The first-order valence-corrected chi connectivity index (χ1v) is 13.6. The predicted octanol–water partition coefficient (Wildman–Crippen LogP) is 4.32. The normalized spacial score (nSPS) is 10.6. The van der Waals surface area contributed by atoms with Crippen molar-refractivity contribution in [2.24, 2.45) is 0 Å². The van der Waals surface area contributed by atoms with Crippen LogP contribution in [0, 0.1) is 6.92 Å². The Labute approximate surface area is 231 Å². The van der Waals surface area contributed by atoms with Crippen LogP contribution < -0.4 is 38.6 Å². The molecule has 0 radical (unpaired) electrons. The fourth-order valence-electron chi connectivity index (χ4n) is 4.36. The maximum atomic E-state index is 12.6. The van der Waals surface area contributed by atoms with Crippen LogP contribution in [0.1, 0.15) is 113 Å². The quantitative estimate of drug-likeness (QED) is 0.159. The lowest BCUT2D eigenvalue weighted by Gasteiger charge is -2.13. The molecule has 0 saturated heterocycles. The second kappa shape index (κ2) is 19.5. The largest absolute Gasteiger partial charge is 1.00 e. The number of unbranched alkanes of at least 4 members (excludes halogenated alkanes) is 11. The molecule has 0 saturated carbocycles. The number of hydrogen-bond donors (Lipinski definition) is 1. The highest BCUT2D eigenvalue weighted by Crippen LogP contribution is 2.22. The Hall–Kier alpha value is -1.63. The summed E-state index contributed by atoms with van der Waals surface area (Å²) >= 11 is 0. The highest BCUT2D eigenvalue weighted by molar-refractivity contribution is 5.90. The van der Waals surface area contributed by atoms with Crippen molar-refractivity contribution in [2.75, 3.05) is 6.61 Å². The van der Waals surface area contributed by atoms with Crippen LogP contribution in [0.4, 0.5) is 0 Å². The molecule has 35 heavy (non-hydrogen) atoms. The summed E-state index contributed by atoms with van der Waals surface area (Å²) in [5.74, 6) is 0.878. The molecular formula is C30H47IN2O2. The molecule has 0 aliphatic carbocycles. The van der Waals surface area contributed by atoms with Crippen LogP contribution in [0.5, 0.6) is 5.75 Å². The molecule has 5 heteroatoms. The van der Waals surface area contributed by atoms with Gasteiger partial charge in [-0.15, -0.1) is 0 Å². The monoisotopic (exact) mass is 594 g/mol. The van der Waals surface area contributed by atoms with Crippen LogP contribution in [0.15, 0.2) is 42.6 Å². The smallest absolute Gasteiger partial charge is 0.316 e. The lowest BCUT2D eigenvalue weighted by Crippen LogP contribution is -3.00. The van der Waals surface area contributed by atoms with Crippen molar-refractivity contribution in [1.29, 1.82) is 0 Å². The van der Waals surface area contributed by atoms with Crippen molar-refractivity contribution < 1.29 is 38.1 Å². The molecule has 1 heterocycles. The lowest BCUT2D eigenvalue weighted by molar-refractivity contribution is -0.695. The summed E-state index contributed by atoms with van der Waals surface area (Å²) in [6.45, 7) is 8.42. The molecule has 0 aliphatic rings. The summed E-state index contributed by atoms with van der Waals surface area (Å²) in [5, 5.41) is 3.06. The third-order valence-electron chi connectivity index (χ3n) is 6.61. The molecule has 0 atom stereocenters. The van der Waals surface area contributed by atoms with E-state index in [1.165, 1.54) is 70.6 Å².